The van der Waals surface area contributed by atoms with Gasteiger partial charge in [-0.2, -0.15) is 0 Å². The van der Waals surface area contributed by atoms with Crippen LogP contribution in [0, 0.1) is 11.7 Å². The molecule has 0 aromatic heterocycles. The van der Waals surface area contributed by atoms with Crippen molar-refractivity contribution in [2.45, 2.75) is 26.4 Å². The smallest absolute Gasteiger partial charge is 0.227 e. The molecule has 0 saturated carbocycles. The predicted octanol–water partition coefficient (Wildman–Crippen LogP) is 2.75. The SMILES string of the molecule is C=CCN(Cc1ccccc1F)C(=O)C(C)C(C)N.Cl. The van der Waals surface area contributed by atoms with Crippen molar-refractivity contribution in [1.29, 1.82) is 0 Å². The second kappa shape index (κ2) is 8.72. The van der Waals surface area contributed by atoms with Gasteiger partial charge in [-0.3, -0.25) is 4.79 Å². The van der Waals surface area contributed by atoms with Crippen molar-refractivity contribution in [3.63, 3.8) is 0 Å². The number of carbonyl (C=O) groups excluding carboxylic acids is 1. The lowest BCUT2D eigenvalue weighted by Crippen LogP contribution is -2.41. The molecule has 1 rings (SSSR count). The standard InChI is InChI=1S/C15H21FN2O.ClH/c1-4-9-18(15(19)11(2)12(3)17)10-13-7-5-6-8-14(13)16;/h4-8,11-12H,1,9-10,17H2,2-3H3;1H. The van der Waals surface area contributed by atoms with Crippen LogP contribution in [0.3, 0.4) is 0 Å². The first-order valence-electron chi connectivity index (χ1n) is 6.36. The highest BCUT2D eigenvalue weighted by molar-refractivity contribution is 5.85. The summed E-state index contributed by atoms with van der Waals surface area (Å²) in [5.41, 5.74) is 6.24. The van der Waals surface area contributed by atoms with Gasteiger partial charge in [0.05, 0.1) is 5.92 Å². The van der Waals surface area contributed by atoms with E-state index in [1.807, 2.05) is 0 Å². The van der Waals surface area contributed by atoms with Crippen molar-refractivity contribution in [3.05, 3.63) is 48.3 Å². The summed E-state index contributed by atoms with van der Waals surface area (Å²) in [6, 6.07) is 6.21. The average Bonchev–Trinajstić information content (AvgIpc) is 2.38. The summed E-state index contributed by atoms with van der Waals surface area (Å²) in [5.74, 6) is -0.692. The largest absolute Gasteiger partial charge is 0.334 e. The Labute approximate surface area is 126 Å². The Morgan fingerprint density at radius 2 is 2.05 bits per heavy atom. The molecule has 0 aliphatic heterocycles. The Morgan fingerprint density at radius 3 is 2.55 bits per heavy atom. The van der Waals surface area contributed by atoms with Gasteiger partial charge in [0.25, 0.3) is 0 Å². The Hall–Kier alpha value is -1.39. The number of carbonyl (C=O) groups is 1. The highest BCUT2D eigenvalue weighted by atomic mass is 35.5. The van der Waals surface area contributed by atoms with Gasteiger partial charge >= 0.3 is 0 Å². The fourth-order valence-corrected chi connectivity index (χ4v) is 1.73. The molecule has 112 valence electrons. The van der Waals surface area contributed by atoms with Crippen molar-refractivity contribution >= 4 is 18.3 Å². The molecule has 0 spiro atoms. The van der Waals surface area contributed by atoms with E-state index in [0.717, 1.165) is 0 Å². The number of nitrogens with zero attached hydrogens (tertiary/aromatic N) is 1. The van der Waals surface area contributed by atoms with Gasteiger partial charge in [-0.15, -0.1) is 19.0 Å². The van der Waals surface area contributed by atoms with Crippen LogP contribution in [-0.4, -0.2) is 23.4 Å². The first-order chi connectivity index (χ1) is 8.97. The summed E-state index contributed by atoms with van der Waals surface area (Å²) >= 11 is 0. The third-order valence-electron chi connectivity index (χ3n) is 3.16. The highest BCUT2D eigenvalue weighted by Gasteiger charge is 2.23. The Balaban J connectivity index is 0.00000361. The molecule has 1 aromatic rings. The van der Waals surface area contributed by atoms with Crippen LogP contribution in [0.2, 0.25) is 0 Å². The Morgan fingerprint density at radius 1 is 1.45 bits per heavy atom. The monoisotopic (exact) mass is 300 g/mol. The lowest BCUT2D eigenvalue weighted by molar-refractivity contribution is -0.135. The molecule has 2 N–H and O–H groups in total. The molecule has 0 bridgehead atoms. The van der Waals surface area contributed by atoms with Crippen LogP contribution >= 0.6 is 12.4 Å². The van der Waals surface area contributed by atoms with Gasteiger partial charge in [-0.1, -0.05) is 31.2 Å². The molecule has 0 saturated heterocycles. The van der Waals surface area contributed by atoms with E-state index in [1.165, 1.54) is 6.07 Å². The molecular formula is C15H22ClFN2O. The average molecular weight is 301 g/mol. The Bertz CT molecular complexity index is 451. The molecule has 0 heterocycles. The molecule has 0 fully saturated rings. The molecule has 2 unspecified atom stereocenters. The van der Waals surface area contributed by atoms with E-state index < -0.39 is 0 Å². The fraction of sp³-hybridized carbons (Fsp3) is 0.400. The van der Waals surface area contributed by atoms with Gasteiger partial charge in [-0.25, -0.2) is 4.39 Å². The van der Waals surface area contributed by atoms with Crippen LogP contribution in [0.5, 0.6) is 0 Å². The maximum atomic E-state index is 13.6. The number of nitrogens with two attached hydrogens (primary N) is 1. The topological polar surface area (TPSA) is 46.3 Å². The third kappa shape index (κ3) is 4.94. The fourth-order valence-electron chi connectivity index (χ4n) is 1.73. The minimum Gasteiger partial charge on any atom is -0.334 e. The number of hydrogen-bond acceptors (Lipinski definition) is 2. The summed E-state index contributed by atoms with van der Waals surface area (Å²) < 4.78 is 13.6. The normalized spacial score (nSPS) is 13.0. The van der Waals surface area contributed by atoms with Crippen molar-refractivity contribution in [2.75, 3.05) is 6.54 Å². The second-order valence-electron chi connectivity index (χ2n) is 4.75. The molecule has 1 aromatic carbocycles. The first-order valence-corrected chi connectivity index (χ1v) is 6.36. The number of amides is 1. The quantitative estimate of drug-likeness (QED) is 0.821. The molecule has 3 nitrogen and oxygen atoms in total. The van der Waals surface area contributed by atoms with Crippen LogP contribution in [0.1, 0.15) is 19.4 Å². The number of rotatable bonds is 6. The maximum absolute atomic E-state index is 13.6. The van der Waals surface area contributed by atoms with Crippen LogP contribution < -0.4 is 5.73 Å². The summed E-state index contributed by atoms with van der Waals surface area (Å²) in [6.07, 6.45) is 1.63. The van der Waals surface area contributed by atoms with Crippen molar-refractivity contribution in [1.82, 2.24) is 4.90 Å². The molecule has 0 radical (unpaired) electrons. The van der Waals surface area contributed by atoms with E-state index in [4.69, 9.17) is 5.73 Å². The van der Waals surface area contributed by atoms with E-state index in [0.29, 0.717) is 12.1 Å². The molecule has 2 atom stereocenters. The van der Waals surface area contributed by atoms with Gasteiger partial charge in [0, 0.05) is 24.7 Å². The number of benzene rings is 1. The van der Waals surface area contributed by atoms with Crippen LogP contribution in [0.15, 0.2) is 36.9 Å². The predicted molar refractivity (Wildman–Crippen MR) is 82.1 cm³/mol. The van der Waals surface area contributed by atoms with Crippen LogP contribution in [0.25, 0.3) is 0 Å². The van der Waals surface area contributed by atoms with Gasteiger partial charge in [0.15, 0.2) is 0 Å². The zero-order valence-electron chi connectivity index (χ0n) is 11.9. The van der Waals surface area contributed by atoms with E-state index in [9.17, 15) is 9.18 Å². The summed E-state index contributed by atoms with van der Waals surface area (Å²) in [7, 11) is 0. The lowest BCUT2D eigenvalue weighted by atomic mass is 10.0. The number of halogens is 2. The molecular weight excluding hydrogens is 279 g/mol. The third-order valence-corrected chi connectivity index (χ3v) is 3.16. The van der Waals surface area contributed by atoms with E-state index >= 15 is 0 Å². The first kappa shape index (κ1) is 18.6. The lowest BCUT2D eigenvalue weighted by Gasteiger charge is -2.26. The molecule has 1 amide bonds. The van der Waals surface area contributed by atoms with Crippen molar-refractivity contribution < 1.29 is 9.18 Å². The van der Waals surface area contributed by atoms with Gasteiger partial charge in [0.1, 0.15) is 5.82 Å². The summed E-state index contributed by atoms with van der Waals surface area (Å²) in [4.78, 5) is 13.8. The van der Waals surface area contributed by atoms with E-state index in [-0.39, 0.29) is 42.6 Å². The summed E-state index contributed by atoms with van der Waals surface area (Å²) in [5, 5.41) is 0. The Kier molecular flexibility index (Phi) is 8.11. The maximum Gasteiger partial charge on any atom is 0.227 e. The molecule has 20 heavy (non-hydrogen) atoms. The molecule has 0 aliphatic carbocycles. The molecule has 0 aliphatic rings. The van der Waals surface area contributed by atoms with E-state index in [1.54, 1.807) is 43.0 Å². The summed E-state index contributed by atoms with van der Waals surface area (Å²) in [6.45, 7) is 7.81. The molecule has 5 heteroatoms. The van der Waals surface area contributed by atoms with Gasteiger partial charge < -0.3 is 10.6 Å². The van der Waals surface area contributed by atoms with Gasteiger partial charge in [0.2, 0.25) is 5.91 Å². The van der Waals surface area contributed by atoms with Crippen LogP contribution in [-0.2, 0) is 11.3 Å². The van der Waals surface area contributed by atoms with Crippen molar-refractivity contribution in [2.24, 2.45) is 11.7 Å². The zero-order valence-corrected chi connectivity index (χ0v) is 12.7. The minimum atomic E-state index is -0.308. The van der Waals surface area contributed by atoms with Crippen LogP contribution in [0.4, 0.5) is 4.39 Å². The van der Waals surface area contributed by atoms with E-state index in [2.05, 4.69) is 6.58 Å². The highest BCUT2D eigenvalue weighted by Crippen LogP contribution is 2.13. The van der Waals surface area contributed by atoms with Crippen molar-refractivity contribution in [3.8, 4) is 0 Å². The minimum absolute atomic E-state index is 0. The zero-order chi connectivity index (χ0) is 14.4. The number of hydrogen-bond donors (Lipinski definition) is 1. The second-order valence-corrected chi connectivity index (χ2v) is 4.75. The van der Waals surface area contributed by atoms with Gasteiger partial charge in [-0.05, 0) is 13.0 Å².